The molecular weight excluding hydrogens is 378 g/mol. The van der Waals surface area contributed by atoms with E-state index in [9.17, 15) is 9.90 Å². The van der Waals surface area contributed by atoms with Crippen molar-refractivity contribution in [2.45, 2.75) is 76.9 Å². The second-order valence-corrected chi connectivity index (χ2v) is 9.37. The molecule has 2 N–H and O–H groups in total. The molecule has 0 atom stereocenters. The number of nitrogens with zero attached hydrogens (tertiary/aromatic N) is 4. The number of rotatable bonds is 5. The highest BCUT2D eigenvalue weighted by atomic mass is 16.3. The minimum atomic E-state index is -0.135. The molecule has 0 aromatic carbocycles. The van der Waals surface area contributed by atoms with E-state index in [-0.39, 0.29) is 12.0 Å². The molecule has 2 saturated heterocycles. The van der Waals surface area contributed by atoms with Crippen molar-refractivity contribution in [2.75, 3.05) is 38.0 Å². The molecule has 7 nitrogen and oxygen atoms in total. The normalized spacial score (nSPS) is 22.9. The van der Waals surface area contributed by atoms with Gasteiger partial charge in [0.05, 0.1) is 6.10 Å². The largest absolute Gasteiger partial charge is 0.393 e. The monoisotopic (exact) mass is 415 g/mol. The molecule has 0 spiro atoms. The van der Waals surface area contributed by atoms with Crippen LogP contribution in [0.25, 0.3) is 0 Å². The van der Waals surface area contributed by atoms with E-state index in [1.807, 2.05) is 11.8 Å². The molecular formula is C23H37N5O2. The quantitative estimate of drug-likeness (QED) is 0.770. The van der Waals surface area contributed by atoms with Crippen LogP contribution in [-0.2, 0) is 0 Å². The highest BCUT2D eigenvalue weighted by Gasteiger charge is 2.30. The summed E-state index contributed by atoms with van der Waals surface area (Å²) in [6.45, 7) is 6.39. The van der Waals surface area contributed by atoms with E-state index in [0.717, 1.165) is 69.8 Å². The van der Waals surface area contributed by atoms with E-state index in [4.69, 9.17) is 0 Å². The van der Waals surface area contributed by atoms with Gasteiger partial charge in [0, 0.05) is 44.3 Å². The Bertz CT molecular complexity index is 706. The van der Waals surface area contributed by atoms with Crippen LogP contribution in [0.15, 0.2) is 6.33 Å². The first-order chi connectivity index (χ1) is 14.6. The number of aliphatic hydroxyl groups is 1. The Balaban J connectivity index is 1.32. The van der Waals surface area contributed by atoms with Gasteiger partial charge >= 0.3 is 0 Å². The molecule has 7 heteroatoms. The third-order valence-corrected chi connectivity index (χ3v) is 7.34. The standard InChI is InChI=1S/C23H37N5O2/c1-17-21(25-16-26-22(17)24-15-18-5-3-2-4-6-18)23(30)28-11-7-19(8-12-28)27-13-9-20(29)10-14-27/h16,18-20,29H,2-15H2,1H3,(H,24,25,26). The van der Waals surface area contributed by atoms with Crippen LogP contribution in [0, 0.1) is 12.8 Å². The minimum Gasteiger partial charge on any atom is -0.393 e. The van der Waals surface area contributed by atoms with E-state index >= 15 is 0 Å². The van der Waals surface area contributed by atoms with Crippen molar-refractivity contribution in [3.8, 4) is 0 Å². The Morgan fingerprint density at radius 1 is 1.03 bits per heavy atom. The maximum atomic E-state index is 13.2. The molecule has 1 aromatic rings. The van der Waals surface area contributed by atoms with Gasteiger partial charge in [-0.15, -0.1) is 0 Å². The van der Waals surface area contributed by atoms with Gasteiger partial charge in [-0.2, -0.15) is 0 Å². The third-order valence-electron chi connectivity index (χ3n) is 7.34. The van der Waals surface area contributed by atoms with Crippen molar-refractivity contribution in [1.29, 1.82) is 0 Å². The van der Waals surface area contributed by atoms with Crippen molar-refractivity contribution in [2.24, 2.45) is 5.92 Å². The Kier molecular flexibility index (Phi) is 7.20. The van der Waals surface area contributed by atoms with Crippen LogP contribution in [0.2, 0.25) is 0 Å². The molecule has 3 aliphatic rings. The Morgan fingerprint density at radius 3 is 2.43 bits per heavy atom. The van der Waals surface area contributed by atoms with E-state index in [1.54, 1.807) is 0 Å². The summed E-state index contributed by atoms with van der Waals surface area (Å²) in [5.74, 6) is 1.55. The van der Waals surface area contributed by atoms with Gasteiger partial charge < -0.3 is 20.2 Å². The van der Waals surface area contributed by atoms with E-state index in [1.165, 1.54) is 38.4 Å². The Hall–Kier alpha value is -1.73. The zero-order valence-corrected chi connectivity index (χ0v) is 18.4. The number of carbonyl (C=O) groups excluding carboxylic acids is 1. The predicted octanol–water partition coefficient (Wildman–Crippen LogP) is 2.84. The number of piperidine rings is 2. The molecule has 166 valence electrons. The lowest BCUT2D eigenvalue weighted by Crippen LogP contribution is -2.49. The summed E-state index contributed by atoms with van der Waals surface area (Å²) in [7, 11) is 0. The van der Waals surface area contributed by atoms with Crippen molar-refractivity contribution in [3.63, 3.8) is 0 Å². The summed E-state index contributed by atoms with van der Waals surface area (Å²) in [5, 5.41) is 13.2. The van der Waals surface area contributed by atoms with Crippen LogP contribution in [-0.4, -0.2) is 75.7 Å². The van der Waals surface area contributed by atoms with Gasteiger partial charge in [-0.05, 0) is 51.4 Å². The number of aliphatic hydroxyl groups excluding tert-OH is 1. The van der Waals surface area contributed by atoms with Crippen molar-refractivity contribution >= 4 is 11.7 Å². The number of hydrogen-bond acceptors (Lipinski definition) is 6. The van der Waals surface area contributed by atoms with Crippen molar-refractivity contribution in [3.05, 3.63) is 17.6 Å². The SMILES string of the molecule is Cc1c(NCC2CCCCC2)ncnc1C(=O)N1CCC(N2CCC(O)CC2)CC1. The minimum absolute atomic E-state index is 0.0307. The van der Waals surface area contributed by atoms with Gasteiger partial charge in [0.15, 0.2) is 0 Å². The summed E-state index contributed by atoms with van der Waals surface area (Å²) >= 11 is 0. The first-order valence-electron chi connectivity index (χ1n) is 11.9. The first-order valence-corrected chi connectivity index (χ1v) is 11.9. The van der Waals surface area contributed by atoms with E-state index < -0.39 is 0 Å². The summed E-state index contributed by atoms with van der Waals surface area (Å²) in [5.41, 5.74) is 1.40. The van der Waals surface area contributed by atoms with Gasteiger partial charge in [0.2, 0.25) is 0 Å². The van der Waals surface area contributed by atoms with Crippen LogP contribution in [0.4, 0.5) is 5.82 Å². The molecule has 1 amide bonds. The zero-order valence-electron chi connectivity index (χ0n) is 18.4. The first kappa shape index (κ1) is 21.5. The van der Waals surface area contributed by atoms with Gasteiger partial charge in [-0.3, -0.25) is 4.79 Å². The van der Waals surface area contributed by atoms with Gasteiger partial charge in [0.1, 0.15) is 17.8 Å². The lowest BCUT2D eigenvalue weighted by atomic mass is 9.89. The molecule has 0 radical (unpaired) electrons. The van der Waals surface area contributed by atoms with Gasteiger partial charge in [-0.1, -0.05) is 19.3 Å². The van der Waals surface area contributed by atoms with Crippen LogP contribution in [0.1, 0.15) is 73.8 Å². The lowest BCUT2D eigenvalue weighted by Gasteiger charge is -2.41. The topological polar surface area (TPSA) is 81.6 Å². The maximum Gasteiger partial charge on any atom is 0.272 e. The van der Waals surface area contributed by atoms with E-state index in [2.05, 4.69) is 20.2 Å². The smallest absolute Gasteiger partial charge is 0.272 e. The second-order valence-electron chi connectivity index (χ2n) is 9.37. The number of hydrogen-bond donors (Lipinski definition) is 2. The van der Waals surface area contributed by atoms with Crippen LogP contribution in [0.5, 0.6) is 0 Å². The highest BCUT2D eigenvalue weighted by Crippen LogP contribution is 2.26. The molecule has 0 unspecified atom stereocenters. The fraction of sp³-hybridized carbons (Fsp3) is 0.783. The maximum absolute atomic E-state index is 13.2. The number of aromatic nitrogens is 2. The Labute approximate surface area is 180 Å². The average Bonchev–Trinajstić information content (AvgIpc) is 2.79. The van der Waals surface area contributed by atoms with Gasteiger partial charge in [0.25, 0.3) is 5.91 Å². The van der Waals surface area contributed by atoms with Gasteiger partial charge in [-0.25, -0.2) is 9.97 Å². The van der Waals surface area contributed by atoms with Crippen LogP contribution >= 0.6 is 0 Å². The molecule has 3 heterocycles. The lowest BCUT2D eigenvalue weighted by molar-refractivity contribution is 0.0355. The summed E-state index contributed by atoms with van der Waals surface area (Å²) in [6.07, 6.45) is 11.7. The molecule has 30 heavy (non-hydrogen) atoms. The molecule has 1 saturated carbocycles. The Morgan fingerprint density at radius 2 is 1.73 bits per heavy atom. The highest BCUT2D eigenvalue weighted by molar-refractivity contribution is 5.94. The van der Waals surface area contributed by atoms with E-state index in [0.29, 0.717) is 17.7 Å². The number of carbonyl (C=O) groups is 1. The van der Waals surface area contributed by atoms with Crippen molar-refractivity contribution in [1.82, 2.24) is 19.8 Å². The molecule has 1 aromatic heterocycles. The number of amides is 1. The molecule has 1 aliphatic carbocycles. The number of likely N-dealkylation sites (tertiary alicyclic amines) is 2. The summed E-state index contributed by atoms with van der Waals surface area (Å²) < 4.78 is 0. The zero-order chi connectivity index (χ0) is 20.9. The third kappa shape index (κ3) is 5.11. The van der Waals surface area contributed by atoms with Crippen molar-refractivity contribution < 1.29 is 9.90 Å². The van der Waals surface area contributed by atoms with Crippen LogP contribution < -0.4 is 5.32 Å². The fourth-order valence-corrected chi connectivity index (χ4v) is 5.31. The predicted molar refractivity (Wildman–Crippen MR) is 118 cm³/mol. The number of nitrogens with one attached hydrogen (secondary N) is 1. The molecule has 3 fully saturated rings. The molecule has 2 aliphatic heterocycles. The number of anilines is 1. The molecule has 4 rings (SSSR count). The average molecular weight is 416 g/mol. The summed E-state index contributed by atoms with van der Waals surface area (Å²) in [4.78, 5) is 26.4. The fourth-order valence-electron chi connectivity index (χ4n) is 5.31. The van der Waals surface area contributed by atoms with Crippen LogP contribution in [0.3, 0.4) is 0 Å². The second kappa shape index (κ2) is 10.1. The summed E-state index contributed by atoms with van der Waals surface area (Å²) in [6, 6.07) is 0.528. The molecule has 0 bridgehead atoms.